The molecule has 7 nitrogen and oxygen atoms in total. The lowest BCUT2D eigenvalue weighted by atomic mass is 9.77. The van der Waals surface area contributed by atoms with Crippen molar-refractivity contribution < 1.29 is 18.7 Å². The van der Waals surface area contributed by atoms with Crippen molar-refractivity contribution in [2.24, 2.45) is 0 Å². The number of ether oxygens (including phenoxy) is 1. The summed E-state index contributed by atoms with van der Waals surface area (Å²) in [6.07, 6.45) is 4.52. The number of aromatic nitrogens is 2. The second-order valence-electron chi connectivity index (χ2n) is 6.81. The largest absolute Gasteiger partial charge is 0.487 e. The first-order chi connectivity index (χ1) is 11.8. The van der Waals surface area contributed by atoms with E-state index in [1.165, 1.54) is 30.9 Å². The number of rotatable bonds is 1. The highest BCUT2D eigenvalue weighted by Crippen LogP contribution is 2.47. The molecule has 8 heteroatoms. The van der Waals surface area contributed by atoms with Crippen LogP contribution >= 0.6 is 0 Å². The second-order valence-corrected chi connectivity index (χ2v) is 6.81. The number of nitrogens with one attached hydrogen (secondary N) is 2. The Balaban J connectivity index is 1.95. The molecule has 3 heterocycles. The van der Waals surface area contributed by atoms with E-state index in [4.69, 9.17) is 4.74 Å². The van der Waals surface area contributed by atoms with E-state index in [2.05, 4.69) is 20.6 Å². The van der Waals surface area contributed by atoms with Gasteiger partial charge in [0.2, 0.25) is 0 Å². The summed E-state index contributed by atoms with van der Waals surface area (Å²) in [7, 11) is 0. The van der Waals surface area contributed by atoms with Gasteiger partial charge in [-0.2, -0.15) is 0 Å². The van der Waals surface area contributed by atoms with E-state index < -0.39 is 28.9 Å². The van der Waals surface area contributed by atoms with Crippen LogP contribution in [0.2, 0.25) is 0 Å². The third kappa shape index (κ3) is 2.33. The number of carbonyl (C=O) groups is 2. The Bertz CT molecular complexity index is 900. The van der Waals surface area contributed by atoms with Gasteiger partial charge in [-0.1, -0.05) is 0 Å². The van der Waals surface area contributed by atoms with Gasteiger partial charge in [0, 0.05) is 41.6 Å². The zero-order valence-corrected chi connectivity index (χ0v) is 13.6. The Kier molecular flexibility index (Phi) is 3.09. The number of hydrogen-bond acceptors (Lipinski definition) is 5. The van der Waals surface area contributed by atoms with Crippen LogP contribution in [0.1, 0.15) is 25.8 Å². The van der Waals surface area contributed by atoms with Crippen LogP contribution < -0.4 is 15.4 Å². The zero-order chi connectivity index (χ0) is 17.8. The van der Waals surface area contributed by atoms with E-state index >= 15 is 0 Å². The molecule has 2 N–H and O–H groups in total. The van der Waals surface area contributed by atoms with Crippen LogP contribution in [0.25, 0.3) is 11.1 Å². The summed E-state index contributed by atoms with van der Waals surface area (Å²) in [5, 5.41) is 4.96. The maximum atomic E-state index is 14.6. The number of imide groups is 1. The number of urea groups is 1. The quantitative estimate of drug-likeness (QED) is 0.772. The number of nitrogens with zero attached hydrogens (tertiary/aromatic N) is 2. The van der Waals surface area contributed by atoms with Crippen molar-refractivity contribution in [3.05, 3.63) is 42.2 Å². The molecule has 2 aliphatic rings. The van der Waals surface area contributed by atoms with Gasteiger partial charge in [0.1, 0.15) is 23.5 Å². The molecule has 25 heavy (non-hydrogen) atoms. The molecule has 1 unspecified atom stereocenters. The maximum Gasteiger partial charge on any atom is 0.322 e. The van der Waals surface area contributed by atoms with Crippen LogP contribution in [-0.4, -0.2) is 27.5 Å². The fourth-order valence-corrected chi connectivity index (χ4v) is 3.51. The molecule has 2 aliphatic heterocycles. The minimum atomic E-state index is -1.30. The summed E-state index contributed by atoms with van der Waals surface area (Å²) < 4.78 is 20.5. The summed E-state index contributed by atoms with van der Waals surface area (Å²) >= 11 is 0. The van der Waals surface area contributed by atoms with Gasteiger partial charge >= 0.3 is 6.03 Å². The van der Waals surface area contributed by atoms with Crippen LogP contribution in [0.15, 0.2) is 30.9 Å². The molecule has 1 saturated heterocycles. The molecular formula is C17H15FN4O3. The first kappa shape index (κ1) is 15.5. The lowest BCUT2D eigenvalue weighted by Gasteiger charge is -2.42. The molecule has 3 amide bonds. The molecule has 0 bridgehead atoms. The normalized spacial score (nSPS) is 23.6. The van der Waals surface area contributed by atoms with E-state index in [-0.39, 0.29) is 17.7 Å². The Morgan fingerprint density at radius 3 is 2.56 bits per heavy atom. The first-order valence-corrected chi connectivity index (χ1v) is 7.73. The first-order valence-electron chi connectivity index (χ1n) is 7.73. The SMILES string of the molecule is CC1(C)CC2(NC(=O)NC2=O)c2cc(-c3cncnc3)c(F)cc2O1. The third-order valence-corrected chi connectivity index (χ3v) is 4.42. The highest BCUT2D eigenvalue weighted by Gasteiger charge is 2.55. The molecule has 4 rings (SSSR count). The van der Waals surface area contributed by atoms with E-state index in [1.54, 1.807) is 13.8 Å². The van der Waals surface area contributed by atoms with E-state index in [0.717, 1.165) is 0 Å². The van der Waals surface area contributed by atoms with Crippen molar-refractivity contribution in [2.75, 3.05) is 0 Å². The van der Waals surface area contributed by atoms with Crippen molar-refractivity contribution in [3.63, 3.8) is 0 Å². The summed E-state index contributed by atoms with van der Waals surface area (Å²) in [5.41, 5.74) is -0.947. The van der Waals surface area contributed by atoms with Gasteiger partial charge in [-0.15, -0.1) is 0 Å². The number of carbonyl (C=O) groups excluding carboxylic acids is 2. The van der Waals surface area contributed by atoms with Crippen LogP contribution in [0.5, 0.6) is 5.75 Å². The van der Waals surface area contributed by atoms with Gasteiger partial charge in [-0.25, -0.2) is 19.2 Å². The van der Waals surface area contributed by atoms with Gasteiger partial charge < -0.3 is 10.1 Å². The van der Waals surface area contributed by atoms with Gasteiger partial charge in [0.15, 0.2) is 5.54 Å². The standard InChI is InChI=1S/C17H15FN4O3/c1-16(2)7-17(14(23)21-15(24)22-17)11-3-10(9-5-19-8-20-6-9)12(18)4-13(11)25-16/h3-6,8H,7H2,1-2H3,(H2,21,22,23,24). The van der Waals surface area contributed by atoms with E-state index in [1.807, 2.05) is 0 Å². The predicted octanol–water partition coefficient (Wildman–Crippen LogP) is 1.88. The topological polar surface area (TPSA) is 93.2 Å². The minimum absolute atomic E-state index is 0.223. The van der Waals surface area contributed by atoms with E-state index in [9.17, 15) is 14.0 Å². The molecule has 1 aromatic carbocycles. The molecule has 0 aliphatic carbocycles. The maximum absolute atomic E-state index is 14.6. The fraction of sp³-hybridized carbons (Fsp3) is 0.294. The predicted molar refractivity (Wildman–Crippen MR) is 85.1 cm³/mol. The van der Waals surface area contributed by atoms with Crippen molar-refractivity contribution in [3.8, 4) is 16.9 Å². The van der Waals surface area contributed by atoms with Crippen LogP contribution in [-0.2, 0) is 10.3 Å². The molecule has 0 saturated carbocycles. The summed E-state index contributed by atoms with van der Waals surface area (Å²) in [6.45, 7) is 3.57. The molecule has 1 fully saturated rings. The number of amides is 3. The summed E-state index contributed by atoms with van der Waals surface area (Å²) in [5.74, 6) is -0.769. The van der Waals surface area contributed by atoms with Crippen molar-refractivity contribution in [1.82, 2.24) is 20.6 Å². The molecule has 1 spiro atoms. The van der Waals surface area contributed by atoms with Crippen molar-refractivity contribution >= 4 is 11.9 Å². The Morgan fingerprint density at radius 1 is 1.20 bits per heavy atom. The Morgan fingerprint density at radius 2 is 1.92 bits per heavy atom. The van der Waals surface area contributed by atoms with Crippen molar-refractivity contribution in [2.45, 2.75) is 31.4 Å². The molecule has 1 atom stereocenters. The summed E-state index contributed by atoms with van der Waals surface area (Å²) in [4.78, 5) is 32.2. The van der Waals surface area contributed by atoms with Crippen LogP contribution in [0.4, 0.5) is 9.18 Å². The number of fused-ring (bicyclic) bond motifs is 2. The van der Waals surface area contributed by atoms with Gasteiger partial charge in [-0.05, 0) is 19.9 Å². The summed E-state index contributed by atoms with van der Waals surface area (Å²) in [6, 6.07) is 2.17. The highest BCUT2D eigenvalue weighted by molar-refractivity contribution is 6.08. The van der Waals surface area contributed by atoms with Crippen LogP contribution in [0.3, 0.4) is 0 Å². The van der Waals surface area contributed by atoms with Crippen LogP contribution in [0, 0.1) is 5.82 Å². The number of halogens is 1. The minimum Gasteiger partial charge on any atom is -0.487 e. The molecular weight excluding hydrogens is 327 g/mol. The lowest BCUT2D eigenvalue weighted by molar-refractivity contribution is -0.127. The monoisotopic (exact) mass is 342 g/mol. The highest BCUT2D eigenvalue weighted by atomic mass is 19.1. The molecule has 2 aromatic rings. The third-order valence-electron chi connectivity index (χ3n) is 4.42. The fourth-order valence-electron chi connectivity index (χ4n) is 3.51. The molecule has 1 aromatic heterocycles. The number of benzene rings is 1. The van der Waals surface area contributed by atoms with Gasteiger partial charge in [-0.3, -0.25) is 10.1 Å². The molecule has 0 radical (unpaired) electrons. The molecule has 128 valence electrons. The van der Waals surface area contributed by atoms with Gasteiger partial charge in [0.05, 0.1) is 0 Å². The second kappa shape index (κ2) is 4.98. The average molecular weight is 342 g/mol. The zero-order valence-electron chi connectivity index (χ0n) is 13.6. The Labute approximate surface area is 142 Å². The average Bonchev–Trinajstić information content (AvgIpc) is 2.80. The Hall–Kier alpha value is -3.03. The lowest BCUT2D eigenvalue weighted by Crippen LogP contribution is -2.53. The van der Waals surface area contributed by atoms with Gasteiger partial charge in [0.25, 0.3) is 5.91 Å². The van der Waals surface area contributed by atoms with E-state index in [0.29, 0.717) is 11.1 Å². The van der Waals surface area contributed by atoms with Crippen molar-refractivity contribution in [1.29, 1.82) is 0 Å². The smallest absolute Gasteiger partial charge is 0.322 e. The number of hydrogen-bond donors (Lipinski definition) is 2.